The fraction of sp³-hybridized carbons (Fsp3) is 0.0526. The first-order valence-corrected chi connectivity index (χ1v) is 7.83. The van der Waals surface area contributed by atoms with Crippen LogP contribution in [0.25, 0.3) is 33.4 Å². The molecule has 4 aromatic rings. The fourth-order valence-electron chi connectivity index (χ4n) is 2.92. The van der Waals surface area contributed by atoms with Gasteiger partial charge in [0.15, 0.2) is 5.76 Å². The van der Waals surface area contributed by atoms with Crippen LogP contribution in [0.2, 0.25) is 0 Å². The molecule has 0 bridgehead atoms. The van der Waals surface area contributed by atoms with E-state index < -0.39 is 0 Å². The van der Waals surface area contributed by atoms with E-state index in [0.717, 1.165) is 20.6 Å². The summed E-state index contributed by atoms with van der Waals surface area (Å²) in [5, 5.41) is 4.79. The maximum Gasteiger partial charge on any atom is 0.277 e. The second-order valence-electron chi connectivity index (χ2n) is 5.55. The van der Waals surface area contributed by atoms with Crippen molar-refractivity contribution in [3.8, 4) is 22.5 Å². The monoisotopic (exact) mass is 336 g/mol. The van der Waals surface area contributed by atoms with Crippen LogP contribution in [0.3, 0.4) is 0 Å². The van der Waals surface area contributed by atoms with E-state index in [1.54, 1.807) is 6.07 Å². The Morgan fingerprint density at radius 2 is 1.71 bits per heavy atom. The summed E-state index contributed by atoms with van der Waals surface area (Å²) in [6.45, 7) is 1.81. The smallest absolute Gasteiger partial charge is 0.277 e. The van der Waals surface area contributed by atoms with Crippen LogP contribution in [0.4, 0.5) is 0 Å². The number of aryl methyl sites for hydroxylation is 1. The summed E-state index contributed by atoms with van der Waals surface area (Å²) >= 11 is 6.29. The van der Waals surface area contributed by atoms with E-state index in [-0.39, 0.29) is 5.56 Å². The van der Waals surface area contributed by atoms with E-state index >= 15 is 0 Å². The molecule has 0 unspecified atom stereocenters. The Bertz CT molecular complexity index is 1100. The number of aromatic nitrogens is 2. The van der Waals surface area contributed by atoms with Gasteiger partial charge in [-0.1, -0.05) is 53.7 Å². The topological polar surface area (TPSA) is 48.0 Å². The highest BCUT2D eigenvalue weighted by molar-refractivity contribution is 6.20. The molecule has 0 atom stereocenters. The summed E-state index contributed by atoms with van der Waals surface area (Å²) < 4.78 is 6.51. The lowest BCUT2D eigenvalue weighted by Crippen LogP contribution is -2.17. The summed E-state index contributed by atoms with van der Waals surface area (Å²) in [4.78, 5) is 12.9. The molecule has 0 aliphatic rings. The van der Waals surface area contributed by atoms with Gasteiger partial charge in [0.25, 0.3) is 5.56 Å². The minimum absolute atomic E-state index is 0.328. The molecule has 24 heavy (non-hydrogen) atoms. The number of fused-ring (bicyclic) bond motifs is 1. The van der Waals surface area contributed by atoms with Gasteiger partial charge in [-0.05, 0) is 18.6 Å². The molecule has 0 saturated heterocycles. The van der Waals surface area contributed by atoms with Crippen molar-refractivity contribution < 1.29 is 4.52 Å². The van der Waals surface area contributed by atoms with Crippen LogP contribution in [0.15, 0.2) is 70.0 Å². The van der Waals surface area contributed by atoms with Crippen LogP contribution in [0.5, 0.6) is 0 Å². The lowest BCUT2D eigenvalue weighted by molar-refractivity contribution is 0.427. The summed E-state index contributed by atoms with van der Waals surface area (Å²) in [6.07, 6.45) is 0. The zero-order valence-corrected chi connectivity index (χ0v) is 13.6. The minimum atomic E-state index is -0.328. The number of hydrogen-bond donors (Lipinski definition) is 0. The highest BCUT2D eigenvalue weighted by atomic mass is 35.5. The molecule has 4 rings (SSSR count). The van der Waals surface area contributed by atoms with E-state index in [2.05, 4.69) is 5.16 Å². The zero-order valence-electron chi connectivity index (χ0n) is 12.9. The summed E-state index contributed by atoms with van der Waals surface area (Å²) in [7, 11) is 0. The quantitative estimate of drug-likeness (QED) is 0.536. The van der Waals surface area contributed by atoms with Gasteiger partial charge >= 0.3 is 0 Å². The first kappa shape index (κ1) is 14.7. The van der Waals surface area contributed by atoms with E-state index in [1.165, 1.54) is 0 Å². The Balaban J connectivity index is 2.22. The van der Waals surface area contributed by atoms with Crippen LogP contribution in [-0.2, 0) is 0 Å². The molecule has 0 radical (unpaired) electrons. The zero-order chi connectivity index (χ0) is 16.7. The van der Waals surface area contributed by atoms with Gasteiger partial charge in [-0.2, -0.15) is 0 Å². The third-order valence-electron chi connectivity index (χ3n) is 3.96. The average Bonchev–Trinajstić information content (AvgIpc) is 3.04. The van der Waals surface area contributed by atoms with Crippen molar-refractivity contribution in [1.29, 1.82) is 0 Å². The van der Waals surface area contributed by atoms with Crippen molar-refractivity contribution in [1.82, 2.24) is 9.24 Å². The third-order valence-corrected chi connectivity index (χ3v) is 4.30. The number of benzene rings is 2. The molecule has 0 saturated carbocycles. The van der Waals surface area contributed by atoms with Crippen molar-refractivity contribution in [3.63, 3.8) is 0 Å². The third kappa shape index (κ3) is 2.23. The Morgan fingerprint density at radius 3 is 2.42 bits per heavy atom. The minimum Gasteiger partial charge on any atom is -0.356 e. The van der Waals surface area contributed by atoms with E-state index in [1.807, 2.05) is 61.5 Å². The molecule has 0 aliphatic heterocycles. The normalized spacial score (nSPS) is 11.1. The fourth-order valence-corrected chi connectivity index (χ4v) is 3.15. The Kier molecular flexibility index (Phi) is 3.47. The second-order valence-corrected chi connectivity index (χ2v) is 5.89. The van der Waals surface area contributed by atoms with Crippen LogP contribution in [-0.4, -0.2) is 9.24 Å². The van der Waals surface area contributed by atoms with Gasteiger partial charge in [0, 0.05) is 28.8 Å². The van der Waals surface area contributed by atoms with Crippen LogP contribution < -0.4 is 5.56 Å². The molecular formula is C19H13ClN2O2. The Morgan fingerprint density at radius 1 is 1.00 bits per heavy atom. The number of pyridine rings is 1. The van der Waals surface area contributed by atoms with Crippen molar-refractivity contribution in [2.75, 3.05) is 0 Å². The predicted molar refractivity (Wildman–Crippen MR) is 95.1 cm³/mol. The average molecular weight is 337 g/mol. The van der Waals surface area contributed by atoms with Crippen molar-refractivity contribution in [2.45, 2.75) is 6.92 Å². The molecule has 0 fully saturated rings. The maximum atomic E-state index is 12.9. The molecular weight excluding hydrogens is 324 g/mol. The molecule has 4 nitrogen and oxygen atoms in total. The number of nitrogens with zero attached hydrogens (tertiary/aromatic N) is 2. The van der Waals surface area contributed by atoms with Crippen molar-refractivity contribution >= 4 is 22.7 Å². The van der Waals surface area contributed by atoms with Gasteiger partial charge in [0.2, 0.25) is 0 Å². The van der Waals surface area contributed by atoms with Gasteiger partial charge in [0.1, 0.15) is 0 Å². The molecule has 2 aromatic carbocycles. The SMILES string of the molecule is Cc1cc(-c2c(-c3ccccc3)c3ccccc3n(Cl)c2=O)on1. The van der Waals surface area contributed by atoms with Gasteiger partial charge in [0.05, 0.1) is 16.8 Å². The summed E-state index contributed by atoms with van der Waals surface area (Å²) in [5.74, 6) is 0.413. The predicted octanol–water partition coefficient (Wildman–Crippen LogP) is 4.63. The lowest BCUT2D eigenvalue weighted by atomic mass is 9.95. The molecule has 5 heteroatoms. The Labute approximate surface area is 143 Å². The number of rotatable bonds is 2. The van der Waals surface area contributed by atoms with Gasteiger partial charge in [-0.15, -0.1) is 0 Å². The number of para-hydroxylation sites is 1. The number of halogens is 1. The van der Waals surface area contributed by atoms with E-state index in [0.29, 0.717) is 22.5 Å². The first-order valence-electron chi connectivity index (χ1n) is 7.50. The van der Waals surface area contributed by atoms with Crippen LogP contribution in [0, 0.1) is 6.92 Å². The van der Waals surface area contributed by atoms with Crippen molar-refractivity contribution in [3.05, 3.63) is 76.7 Å². The van der Waals surface area contributed by atoms with Gasteiger partial charge in [-0.3, -0.25) is 4.79 Å². The number of hydrogen-bond acceptors (Lipinski definition) is 3. The molecule has 0 N–H and O–H groups in total. The molecule has 2 aromatic heterocycles. The molecule has 0 amide bonds. The van der Waals surface area contributed by atoms with Crippen molar-refractivity contribution in [2.24, 2.45) is 0 Å². The largest absolute Gasteiger partial charge is 0.356 e. The highest BCUT2D eigenvalue weighted by Crippen LogP contribution is 2.36. The lowest BCUT2D eigenvalue weighted by Gasteiger charge is -2.13. The maximum absolute atomic E-state index is 12.9. The Hall–Kier alpha value is -2.85. The van der Waals surface area contributed by atoms with E-state index in [9.17, 15) is 4.79 Å². The molecule has 2 heterocycles. The van der Waals surface area contributed by atoms with Gasteiger partial charge in [-0.25, -0.2) is 4.09 Å². The van der Waals surface area contributed by atoms with Crippen LogP contribution in [0.1, 0.15) is 5.69 Å². The van der Waals surface area contributed by atoms with E-state index in [4.69, 9.17) is 16.3 Å². The highest BCUT2D eigenvalue weighted by Gasteiger charge is 2.21. The second kappa shape index (κ2) is 5.65. The molecule has 0 spiro atoms. The summed E-state index contributed by atoms with van der Waals surface area (Å²) in [5.41, 5.74) is 3.16. The van der Waals surface area contributed by atoms with Gasteiger partial charge < -0.3 is 4.52 Å². The summed E-state index contributed by atoms with van der Waals surface area (Å²) in [6, 6.07) is 19.0. The van der Waals surface area contributed by atoms with Crippen LogP contribution >= 0.6 is 11.8 Å². The molecule has 0 aliphatic carbocycles. The first-order chi connectivity index (χ1) is 11.7. The molecule has 118 valence electrons. The standard InChI is InChI=1S/C19H13ClN2O2/c1-12-11-16(24-21-12)18-17(13-7-3-2-4-8-13)14-9-5-6-10-15(14)22(20)19(18)23/h2-11H,1H3.